The average Bonchev–Trinajstić information content (AvgIpc) is 3.26. The van der Waals surface area contributed by atoms with Gasteiger partial charge in [-0.3, -0.25) is 9.78 Å². The Morgan fingerprint density at radius 1 is 1.09 bits per heavy atom. The number of hydrogen-bond acceptors (Lipinski definition) is 6. The molecule has 5 rings (SSSR count). The van der Waals surface area contributed by atoms with Crippen LogP contribution in [0.1, 0.15) is 43.6 Å². The summed E-state index contributed by atoms with van der Waals surface area (Å²) in [6, 6.07) is 18.4. The number of esters is 1. The number of aromatic nitrogens is 2. The third-order valence-electron chi connectivity index (χ3n) is 6.57. The molecule has 0 atom stereocenters. The Morgan fingerprint density at radius 3 is 2.59 bits per heavy atom. The first-order valence-electron chi connectivity index (χ1n) is 11.5. The maximum atomic E-state index is 11.5. The lowest BCUT2D eigenvalue weighted by atomic mass is 9.77. The van der Waals surface area contributed by atoms with E-state index in [2.05, 4.69) is 39.6 Å². The van der Waals surface area contributed by atoms with Gasteiger partial charge in [0, 0.05) is 23.1 Å². The first-order valence-corrected chi connectivity index (χ1v) is 11.9. The van der Waals surface area contributed by atoms with Crippen LogP contribution in [0.3, 0.4) is 0 Å². The molecule has 0 unspecified atom stereocenters. The molecular weight excluding hydrogens is 450 g/mol. The third-order valence-corrected chi connectivity index (χ3v) is 6.81. The molecule has 6 nitrogen and oxygen atoms in total. The van der Waals surface area contributed by atoms with Crippen molar-refractivity contribution >= 4 is 40.4 Å². The number of halogens is 1. The van der Waals surface area contributed by atoms with Crippen LogP contribution in [0.5, 0.6) is 0 Å². The SMILES string of the molecule is COC(=O)CC1CCC(c2ccc(-c3ccc(Nc4nc5ccc(Cl)cc5o4)cn3)cc2)CC1. The number of pyridine rings is 1. The fourth-order valence-electron chi connectivity index (χ4n) is 4.66. The molecule has 2 heterocycles. The van der Waals surface area contributed by atoms with Crippen LogP contribution >= 0.6 is 11.6 Å². The molecule has 0 saturated heterocycles. The van der Waals surface area contributed by atoms with E-state index in [0.29, 0.717) is 34.9 Å². The van der Waals surface area contributed by atoms with Crippen molar-refractivity contribution in [2.24, 2.45) is 5.92 Å². The highest BCUT2D eigenvalue weighted by atomic mass is 35.5. The summed E-state index contributed by atoms with van der Waals surface area (Å²) in [4.78, 5) is 20.5. The highest BCUT2D eigenvalue weighted by Gasteiger charge is 2.24. The molecule has 2 aromatic carbocycles. The summed E-state index contributed by atoms with van der Waals surface area (Å²) in [6.07, 6.45) is 6.69. The summed E-state index contributed by atoms with van der Waals surface area (Å²) in [5, 5.41) is 3.76. The molecule has 7 heteroatoms. The maximum absolute atomic E-state index is 11.5. The summed E-state index contributed by atoms with van der Waals surface area (Å²) in [6.45, 7) is 0. The number of oxazole rings is 1. The molecule has 0 bridgehead atoms. The largest absolute Gasteiger partial charge is 0.469 e. The molecule has 34 heavy (non-hydrogen) atoms. The van der Waals surface area contributed by atoms with Crippen molar-refractivity contribution in [3.8, 4) is 11.3 Å². The van der Waals surface area contributed by atoms with Gasteiger partial charge in [0.15, 0.2) is 5.58 Å². The summed E-state index contributed by atoms with van der Waals surface area (Å²) < 4.78 is 10.5. The number of carbonyl (C=O) groups excluding carboxylic acids is 1. The lowest BCUT2D eigenvalue weighted by Gasteiger charge is -2.28. The molecule has 0 amide bonds. The minimum absolute atomic E-state index is 0.0970. The zero-order valence-electron chi connectivity index (χ0n) is 19.0. The van der Waals surface area contributed by atoms with E-state index >= 15 is 0 Å². The van der Waals surface area contributed by atoms with E-state index in [1.807, 2.05) is 18.2 Å². The lowest BCUT2D eigenvalue weighted by molar-refractivity contribution is -0.142. The molecule has 2 aromatic heterocycles. The number of methoxy groups -OCH3 is 1. The van der Waals surface area contributed by atoms with Gasteiger partial charge in [0.2, 0.25) is 0 Å². The first-order chi connectivity index (χ1) is 16.6. The van der Waals surface area contributed by atoms with Crippen LogP contribution in [0.2, 0.25) is 5.02 Å². The molecule has 0 aliphatic heterocycles. The fourth-order valence-corrected chi connectivity index (χ4v) is 4.82. The van der Waals surface area contributed by atoms with Crippen molar-refractivity contribution in [2.75, 3.05) is 12.4 Å². The Hall–Kier alpha value is -3.38. The number of rotatable bonds is 6. The molecule has 1 saturated carbocycles. The van der Waals surface area contributed by atoms with Gasteiger partial charge in [-0.1, -0.05) is 35.9 Å². The average molecular weight is 476 g/mol. The molecule has 0 spiro atoms. The van der Waals surface area contributed by atoms with Crippen molar-refractivity contribution in [1.82, 2.24) is 9.97 Å². The van der Waals surface area contributed by atoms with E-state index in [-0.39, 0.29) is 5.97 Å². The normalized spacial score (nSPS) is 18.1. The Morgan fingerprint density at radius 2 is 1.88 bits per heavy atom. The van der Waals surface area contributed by atoms with Gasteiger partial charge in [-0.05, 0) is 67.3 Å². The van der Waals surface area contributed by atoms with E-state index in [1.165, 1.54) is 12.7 Å². The van der Waals surface area contributed by atoms with Gasteiger partial charge in [-0.2, -0.15) is 4.98 Å². The zero-order chi connectivity index (χ0) is 23.5. The molecule has 1 aliphatic carbocycles. The van der Waals surface area contributed by atoms with Gasteiger partial charge in [0.25, 0.3) is 6.01 Å². The Labute approximate surface area is 203 Å². The second kappa shape index (κ2) is 9.85. The summed E-state index contributed by atoms with van der Waals surface area (Å²) in [5.41, 5.74) is 5.51. The Kier molecular flexibility index (Phi) is 6.50. The maximum Gasteiger partial charge on any atom is 0.305 e. The van der Waals surface area contributed by atoms with Crippen molar-refractivity contribution in [1.29, 1.82) is 0 Å². The number of carbonyl (C=O) groups is 1. The summed E-state index contributed by atoms with van der Waals surface area (Å²) >= 11 is 6.01. The van der Waals surface area contributed by atoms with Crippen molar-refractivity contribution in [3.63, 3.8) is 0 Å². The number of benzene rings is 2. The number of fused-ring (bicyclic) bond motifs is 1. The van der Waals surface area contributed by atoms with Crippen molar-refractivity contribution in [2.45, 2.75) is 38.0 Å². The molecule has 4 aromatic rings. The molecule has 174 valence electrons. The van der Waals surface area contributed by atoms with E-state index in [0.717, 1.165) is 48.1 Å². The van der Waals surface area contributed by atoms with Gasteiger partial charge in [0.1, 0.15) is 5.52 Å². The monoisotopic (exact) mass is 475 g/mol. The van der Waals surface area contributed by atoms with Crippen molar-refractivity contribution < 1.29 is 13.9 Å². The Bertz CT molecular complexity index is 1280. The number of hydrogen-bond donors (Lipinski definition) is 1. The molecule has 0 radical (unpaired) electrons. The van der Waals surface area contributed by atoms with Crippen LogP contribution in [0.4, 0.5) is 11.7 Å². The molecular formula is C27H26ClN3O3. The van der Waals surface area contributed by atoms with Gasteiger partial charge >= 0.3 is 5.97 Å². The Balaban J connectivity index is 1.20. The second-order valence-electron chi connectivity index (χ2n) is 8.81. The van der Waals surface area contributed by atoms with Gasteiger partial charge in [0.05, 0.1) is 24.7 Å². The highest BCUT2D eigenvalue weighted by Crippen LogP contribution is 2.37. The lowest BCUT2D eigenvalue weighted by Crippen LogP contribution is -2.17. The van der Waals surface area contributed by atoms with E-state index < -0.39 is 0 Å². The minimum atomic E-state index is -0.0970. The van der Waals surface area contributed by atoms with Gasteiger partial charge < -0.3 is 14.5 Å². The third kappa shape index (κ3) is 5.07. The molecule has 1 aliphatic rings. The number of nitrogens with one attached hydrogen (secondary N) is 1. The molecule has 1 N–H and O–H groups in total. The smallest absolute Gasteiger partial charge is 0.305 e. The predicted molar refractivity (Wildman–Crippen MR) is 133 cm³/mol. The van der Waals surface area contributed by atoms with E-state index in [9.17, 15) is 4.79 Å². The van der Waals surface area contributed by atoms with Crippen LogP contribution < -0.4 is 5.32 Å². The minimum Gasteiger partial charge on any atom is -0.469 e. The van der Waals surface area contributed by atoms with E-state index in [1.54, 1.807) is 18.3 Å². The number of anilines is 2. The number of ether oxygens (including phenoxy) is 1. The van der Waals surface area contributed by atoms with Crippen LogP contribution in [-0.4, -0.2) is 23.0 Å². The van der Waals surface area contributed by atoms with Crippen LogP contribution in [-0.2, 0) is 9.53 Å². The van der Waals surface area contributed by atoms with E-state index in [4.69, 9.17) is 20.8 Å². The van der Waals surface area contributed by atoms with Crippen LogP contribution in [0, 0.1) is 5.92 Å². The first kappa shape index (κ1) is 22.4. The fraction of sp³-hybridized carbons (Fsp3) is 0.296. The quantitative estimate of drug-likeness (QED) is 0.299. The zero-order valence-corrected chi connectivity index (χ0v) is 19.7. The topological polar surface area (TPSA) is 77.2 Å². The highest BCUT2D eigenvalue weighted by molar-refractivity contribution is 6.31. The summed E-state index contributed by atoms with van der Waals surface area (Å²) in [7, 11) is 1.46. The molecule has 1 fully saturated rings. The van der Waals surface area contributed by atoms with Crippen LogP contribution in [0.15, 0.2) is 65.2 Å². The number of nitrogens with zero attached hydrogens (tertiary/aromatic N) is 2. The standard InChI is InChI=1S/C27H26ClN3O3/c1-33-26(32)14-17-2-4-18(5-3-17)19-6-8-20(9-7-19)23-13-11-22(16-29-23)30-27-31-24-12-10-21(28)15-25(24)34-27/h6-13,15-18H,2-5,14H2,1H3,(H,30,31). The second-order valence-corrected chi connectivity index (χ2v) is 9.24. The van der Waals surface area contributed by atoms with Gasteiger partial charge in [-0.15, -0.1) is 0 Å². The van der Waals surface area contributed by atoms with Crippen molar-refractivity contribution in [3.05, 3.63) is 71.4 Å². The van der Waals surface area contributed by atoms with Crippen LogP contribution in [0.25, 0.3) is 22.4 Å². The summed E-state index contributed by atoms with van der Waals surface area (Å²) in [5.74, 6) is 0.904. The van der Waals surface area contributed by atoms with Gasteiger partial charge in [-0.25, -0.2) is 0 Å². The predicted octanol–water partition coefficient (Wildman–Crippen LogP) is 7.12.